The van der Waals surface area contributed by atoms with Crippen LogP contribution < -0.4 is 0 Å². The van der Waals surface area contributed by atoms with E-state index in [2.05, 4.69) is 26.3 Å². The Kier molecular flexibility index (Phi) is 15.4. The molecule has 2 aliphatic heterocycles. The molecule has 0 atom stereocenters. The zero-order valence-electron chi connectivity index (χ0n) is 15.5. The molecule has 0 radical (unpaired) electrons. The zero-order valence-corrected chi connectivity index (χ0v) is 17.1. The van der Waals surface area contributed by atoms with E-state index >= 15 is 0 Å². The molecular formula is C19H32O4S2. The SMILES string of the molecule is C=CC1OCC2(CO1)COC(C=C)OC2.C=CCSSCC=C.CC. The molecule has 0 aromatic heterocycles. The van der Waals surface area contributed by atoms with Gasteiger partial charge in [0.25, 0.3) is 0 Å². The lowest BCUT2D eigenvalue weighted by Crippen LogP contribution is -2.51. The van der Waals surface area contributed by atoms with Gasteiger partial charge in [0.15, 0.2) is 12.6 Å². The minimum atomic E-state index is -0.298. The fourth-order valence-corrected chi connectivity index (χ4v) is 3.39. The average molecular weight is 389 g/mol. The molecule has 2 rings (SSSR count). The first-order valence-electron chi connectivity index (χ1n) is 8.37. The van der Waals surface area contributed by atoms with Gasteiger partial charge < -0.3 is 18.9 Å². The summed E-state index contributed by atoms with van der Waals surface area (Å²) in [6.45, 7) is 20.7. The van der Waals surface area contributed by atoms with E-state index in [1.165, 1.54) is 0 Å². The van der Waals surface area contributed by atoms with Gasteiger partial charge in [-0.1, -0.05) is 60.7 Å². The first-order valence-corrected chi connectivity index (χ1v) is 10.9. The molecule has 0 saturated carbocycles. The fourth-order valence-electron chi connectivity index (χ4n) is 1.85. The van der Waals surface area contributed by atoms with Crippen molar-refractivity contribution in [2.24, 2.45) is 5.41 Å². The van der Waals surface area contributed by atoms with Crippen LogP contribution in [0.25, 0.3) is 0 Å². The topological polar surface area (TPSA) is 36.9 Å². The van der Waals surface area contributed by atoms with Crippen LogP contribution >= 0.6 is 21.6 Å². The first kappa shape index (κ1) is 24.5. The summed E-state index contributed by atoms with van der Waals surface area (Å²) in [7, 11) is 3.61. The molecule has 6 heteroatoms. The Labute approximate surface area is 161 Å². The summed E-state index contributed by atoms with van der Waals surface area (Å²) in [5, 5.41) is 0. The third-order valence-corrected chi connectivity index (χ3v) is 5.28. The Morgan fingerprint density at radius 2 is 1.08 bits per heavy atom. The van der Waals surface area contributed by atoms with Crippen molar-refractivity contribution < 1.29 is 18.9 Å². The number of hydrogen-bond donors (Lipinski definition) is 0. The molecule has 25 heavy (non-hydrogen) atoms. The standard InChI is InChI=1S/C11H16O4.C6H10S2.C2H6/c1-3-9-12-5-11(6-13-9)7-14-10(4-2)15-8-11;1-3-5-7-8-6-4-2;1-2/h3-4,9-10H,1-2,5-8H2;3-4H,1-2,5-6H2;1-2H3. The van der Waals surface area contributed by atoms with Gasteiger partial charge in [-0.2, -0.15) is 0 Å². The van der Waals surface area contributed by atoms with E-state index in [0.29, 0.717) is 26.4 Å². The van der Waals surface area contributed by atoms with Gasteiger partial charge in [-0.15, -0.1) is 13.2 Å². The molecule has 1 spiro atoms. The zero-order chi connectivity index (χ0) is 19.0. The molecule has 0 bridgehead atoms. The predicted molar refractivity (Wildman–Crippen MR) is 111 cm³/mol. The molecule has 0 N–H and O–H groups in total. The molecule has 2 aliphatic rings. The Morgan fingerprint density at radius 3 is 1.32 bits per heavy atom. The Balaban J connectivity index is 0.000000493. The van der Waals surface area contributed by atoms with Gasteiger partial charge in [0, 0.05) is 11.5 Å². The van der Waals surface area contributed by atoms with E-state index in [9.17, 15) is 0 Å². The lowest BCUT2D eigenvalue weighted by molar-refractivity contribution is -0.282. The average Bonchev–Trinajstić information content (AvgIpc) is 2.69. The predicted octanol–water partition coefficient (Wildman–Crippen LogP) is 4.86. The molecule has 0 aromatic rings. The lowest BCUT2D eigenvalue weighted by Gasteiger charge is -2.42. The summed E-state index contributed by atoms with van der Waals surface area (Å²) in [6.07, 6.45) is 6.50. The number of rotatable bonds is 7. The van der Waals surface area contributed by atoms with Crippen LogP contribution in [0, 0.1) is 5.41 Å². The van der Waals surface area contributed by atoms with E-state index in [1.54, 1.807) is 33.7 Å². The fraction of sp³-hybridized carbons (Fsp3) is 0.579. The Bertz CT molecular complexity index is 332. The second-order valence-electron chi connectivity index (χ2n) is 5.10. The highest BCUT2D eigenvalue weighted by Gasteiger charge is 2.40. The van der Waals surface area contributed by atoms with Gasteiger partial charge in [0.05, 0.1) is 31.8 Å². The quantitative estimate of drug-likeness (QED) is 0.352. The van der Waals surface area contributed by atoms with Crippen molar-refractivity contribution in [3.63, 3.8) is 0 Å². The Hall–Kier alpha value is -0.500. The van der Waals surface area contributed by atoms with Crippen molar-refractivity contribution in [3.8, 4) is 0 Å². The molecule has 0 aromatic carbocycles. The van der Waals surface area contributed by atoms with Crippen molar-refractivity contribution in [2.45, 2.75) is 26.4 Å². The molecule has 0 aliphatic carbocycles. The normalized spacial score (nSPS) is 27.8. The smallest absolute Gasteiger partial charge is 0.176 e. The minimum Gasteiger partial charge on any atom is -0.348 e. The molecule has 2 fully saturated rings. The van der Waals surface area contributed by atoms with Gasteiger partial charge >= 0.3 is 0 Å². The van der Waals surface area contributed by atoms with Crippen molar-refractivity contribution in [1.29, 1.82) is 0 Å². The largest absolute Gasteiger partial charge is 0.348 e. The maximum Gasteiger partial charge on any atom is 0.176 e. The molecule has 144 valence electrons. The third-order valence-electron chi connectivity index (χ3n) is 3.06. The van der Waals surface area contributed by atoms with Crippen LogP contribution in [0.5, 0.6) is 0 Å². The summed E-state index contributed by atoms with van der Waals surface area (Å²) < 4.78 is 21.9. The van der Waals surface area contributed by atoms with Crippen LogP contribution in [-0.4, -0.2) is 50.5 Å². The van der Waals surface area contributed by atoms with Crippen LogP contribution in [0.15, 0.2) is 50.6 Å². The van der Waals surface area contributed by atoms with Crippen LogP contribution in [0.3, 0.4) is 0 Å². The maximum atomic E-state index is 5.46. The molecule has 0 amide bonds. The van der Waals surface area contributed by atoms with Gasteiger partial charge in [0.2, 0.25) is 0 Å². The van der Waals surface area contributed by atoms with Gasteiger partial charge in [0.1, 0.15) is 0 Å². The molecule has 2 saturated heterocycles. The van der Waals surface area contributed by atoms with Crippen LogP contribution in [0.1, 0.15) is 13.8 Å². The highest BCUT2D eigenvalue weighted by molar-refractivity contribution is 8.76. The van der Waals surface area contributed by atoms with Crippen LogP contribution in [0.4, 0.5) is 0 Å². The van der Waals surface area contributed by atoms with E-state index in [0.717, 1.165) is 11.5 Å². The van der Waals surface area contributed by atoms with Crippen LogP contribution in [0.2, 0.25) is 0 Å². The summed E-state index contributed by atoms with van der Waals surface area (Å²) in [5.74, 6) is 2.05. The second-order valence-corrected chi connectivity index (χ2v) is 7.65. The third kappa shape index (κ3) is 10.3. The molecule has 4 nitrogen and oxygen atoms in total. The van der Waals surface area contributed by atoms with E-state index in [-0.39, 0.29) is 18.0 Å². The van der Waals surface area contributed by atoms with Crippen molar-refractivity contribution in [3.05, 3.63) is 50.6 Å². The minimum absolute atomic E-state index is 0.168. The molecule has 2 heterocycles. The highest BCUT2D eigenvalue weighted by Crippen LogP contribution is 2.30. The highest BCUT2D eigenvalue weighted by atomic mass is 33.1. The number of ether oxygens (including phenoxy) is 4. The van der Waals surface area contributed by atoms with E-state index in [4.69, 9.17) is 18.9 Å². The summed E-state index contributed by atoms with van der Waals surface area (Å²) in [4.78, 5) is 0. The maximum absolute atomic E-state index is 5.46. The van der Waals surface area contributed by atoms with Gasteiger partial charge in [-0.05, 0) is 12.2 Å². The van der Waals surface area contributed by atoms with E-state index in [1.807, 2.05) is 26.0 Å². The summed E-state index contributed by atoms with van der Waals surface area (Å²) in [6, 6.07) is 0. The molecular weight excluding hydrogens is 356 g/mol. The Morgan fingerprint density at radius 1 is 0.760 bits per heavy atom. The van der Waals surface area contributed by atoms with Crippen molar-refractivity contribution in [1.82, 2.24) is 0 Å². The first-order chi connectivity index (χ1) is 12.2. The van der Waals surface area contributed by atoms with Gasteiger partial charge in [-0.3, -0.25) is 0 Å². The molecule has 0 unspecified atom stereocenters. The summed E-state index contributed by atoms with van der Waals surface area (Å²) >= 11 is 0. The van der Waals surface area contributed by atoms with E-state index < -0.39 is 0 Å². The second kappa shape index (κ2) is 15.7. The monoisotopic (exact) mass is 388 g/mol. The number of hydrogen-bond acceptors (Lipinski definition) is 6. The van der Waals surface area contributed by atoms with Crippen molar-refractivity contribution >= 4 is 21.6 Å². The van der Waals surface area contributed by atoms with Gasteiger partial charge in [-0.25, -0.2) is 0 Å². The van der Waals surface area contributed by atoms with Crippen LogP contribution in [-0.2, 0) is 18.9 Å². The lowest BCUT2D eigenvalue weighted by atomic mass is 9.91. The summed E-state index contributed by atoms with van der Waals surface area (Å²) in [5.41, 5.74) is -0.168. The van der Waals surface area contributed by atoms with Crippen molar-refractivity contribution in [2.75, 3.05) is 37.9 Å².